The Morgan fingerprint density at radius 1 is 1.15 bits per heavy atom. The number of rotatable bonds is 3. The number of nitrogens with zero attached hydrogens (tertiary/aromatic N) is 1. The number of sulfonamides is 1. The number of hydrogen-bond acceptors (Lipinski definition) is 4. The Hall–Kier alpha value is -2.36. The number of aliphatic hydroxyl groups is 1. The summed E-state index contributed by atoms with van der Waals surface area (Å²) in [5, 5.41) is 8.71. The Bertz CT molecular complexity index is 747. The molecule has 0 spiro atoms. The van der Waals surface area contributed by atoms with E-state index in [1.165, 1.54) is 12.3 Å². The van der Waals surface area contributed by atoms with Gasteiger partial charge in [0.05, 0.1) is 0 Å². The first-order valence-electron chi connectivity index (χ1n) is 5.76. The van der Waals surface area contributed by atoms with Gasteiger partial charge in [0.15, 0.2) is 0 Å². The van der Waals surface area contributed by atoms with E-state index in [0.29, 0.717) is 5.56 Å². The summed E-state index contributed by atoms with van der Waals surface area (Å²) in [4.78, 5) is 3.96. The smallest absolute Gasteiger partial charge is 0.264 e. The molecule has 0 saturated carbocycles. The quantitative estimate of drug-likeness (QED) is 0.832. The molecule has 2 rings (SSSR count). The van der Waals surface area contributed by atoms with E-state index in [-0.39, 0.29) is 17.3 Å². The van der Waals surface area contributed by atoms with E-state index >= 15 is 0 Å². The molecule has 0 unspecified atom stereocenters. The predicted octanol–water partition coefficient (Wildman–Crippen LogP) is 1.23. The maximum atomic E-state index is 12.3. The molecule has 0 aliphatic heterocycles. The summed E-state index contributed by atoms with van der Waals surface area (Å²) in [6, 6.07) is 11.3. The molecule has 1 heterocycles. The number of anilines is 1. The topological polar surface area (TPSA) is 79.3 Å². The maximum Gasteiger partial charge on any atom is 0.264 e. The van der Waals surface area contributed by atoms with Gasteiger partial charge >= 0.3 is 0 Å². The van der Waals surface area contributed by atoms with Crippen molar-refractivity contribution in [3.05, 3.63) is 54.2 Å². The molecular formula is C14H12N2O3S. The van der Waals surface area contributed by atoms with Crippen LogP contribution in [0.4, 0.5) is 5.82 Å². The summed E-state index contributed by atoms with van der Waals surface area (Å²) in [7, 11) is -3.77. The molecule has 1 aromatic carbocycles. The average Bonchev–Trinajstić information content (AvgIpc) is 2.46. The minimum atomic E-state index is -3.77. The van der Waals surface area contributed by atoms with Gasteiger partial charge in [0.1, 0.15) is 17.3 Å². The molecule has 0 radical (unpaired) electrons. The highest BCUT2D eigenvalue weighted by Crippen LogP contribution is 2.17. The van der Waals surface area contributed by atoms with Gasteiger partial charge in [0, 0.05) is 11.8 Å². The molecule has 20 heavy (non-hydrogen) atoms. The van der Waals surface area contributed by atoms with Gasteiger partial charge in [0.2, 0.25) is 0 Å². The van der Waals surface area contributed by atoms with E-state index < -0.39 is 10.0 Å². The van der Waals surface area contributed by atoms with Crippen LogP contribution >= 0.6 is 0 Å². The second-order valence-electron chi connectivity index (χ2n) is 3.78. The third kappa shape index (κ3) is 3.35. The molecule has 0 aliphatic rings. The van der Waals surface area contributed by atoms with Crippen molar-refractivity contribution >= 4 is 15.8 Å². The van der Waals surface area contributed by atoms with Crippen molar-refractivity contribution in [3.63, 3.8) is 0 Å². The van der Waals surface area contributed by atoms with Gasteiger partial charge in [-0.05, 0) is 24.3 Å². The molecule has 2 aromatic rings. The second-order valence-corrected chi connectivity index (χ2v) is 5.43. The van der Waals surface area contributed by atoms with E-state index in [4.69, 9.17) is 5.11 Å². The largest absolute Gasteiger partial charge is 0.384 e. The third-order valence-electron chi connectivity index (χ3n) is 2.38. The molecule has 1 aromatic heterocycles. The van der Waals surface area contributed by atoms with Crippen molar-refractivity contribution in [2.24, 2.45) is 0 Å². The highest BCUT2D eigenvalue weighted by atomic mass is 32.2. The second kappa shape index (κ2) is 6.19. The lowest BCUT2D eigenvalue weighted by atomic mass is 10.2. The van der Waals surface area contributed by atoms with Crippen molar-refractivity contribution in [2.45, 2.75) is 4.90 Å². The Labute approximate surface area is 117 Å². The normalized spacial score (nSPS) is 10.4. The van der Waals surface area contributed by atoms with Gasteiger partial charge in [-0.3, -0.25) is 4.72 Å². The molecule has 0 atom stereocenters. The summed E-state index contributed by atoms with van der Waals surface area (Å²) in [6.07, 6.45) is 1.50. The zero-order valence-corrected chi connectivity index (χ0v) is 11.3. The molecular weight excluding hydrogens is 276 g/mol. The van der Waals surface area contributed by atoms with Crippen LogP contribution in [0.1, 0.15) is 5.56 Å². The highest BCUT2D eigenvalue weighted by Gasteiger charge is 2.17. The van der Waals surface area contributed by atoms with Crippen LogP contribution in [0.25, 0.3) is 0 Å². The molecule has 5 nitrogen and oxygen atoms in total. The van der Waals surface area contributed by atoms with Gasteiger partial charge < -0.3 is 5.11 Å². The fraction of sp³-hybridized carbons (Fsp3) is 0.0714. The van der Waals surface area contributed by atoms with Gasteiger partial charge in [0.25, 0.3) is 10.0 Å². The molecule has 0 fully saturated rings. The third-order valence-corrected chi connectivity index (χ3v) is 3.80. The van der Waals surface area contributed by atoms with E-state index in [9.17, 15) is 8.42 Å². The van der Waals surface area contributed by atoms with Crippen LogP contribution in [0.5, 0.6) is 0 Å². The average molecular weight is 288 g/mol. The van der Waals surface area contributed by atoms with Crippen LogP contribution in [0.3, 0.4) is 0 Å². The number of aliphatic hydroxyl groups excluding tert-OH is 1. The van der Waals surface area contributed by atoms with Crippen molar-refractivity contribution in [1.82, 2.24) is 4.98 Å². The van der Waals surface area contributed by atoms with Crippen LogP contribution < -0.4 is 4.72 Å². The maximum absolute atomic E-state index is 12.3. The van der Waals surface area contributed by atoms with Crippen molar-refractivity contribution in [2.75, 3.05) is 11.3 Å². The Balaban J connectivity index is 2.40. The minimum Gasteiger partial charge on any atom is -0.384 e. The fourth-order valence-electron chi connectivity index (χ4n) is 1.55. The van der Waals surface area contributed by atoms with Gasteiger partial charge in [-0.1, -0.05) is 30.0 Å². The zero-order chi connectivity index (χ0) is 14.4. The monoisotopic (exact) mass is 288 g/mol. The summed E-state index contributed by atoms with van der Waals surface area (Å²) in [6.45, 7) is -0.331. The molecule has 2 N–H and O–H groups in total. The summed E-state index contributed by atoms with van der Waals surface area (Å²) in [5.41, 5.74) is 0.324. The number of pyridine rings is 1. The molecule has 0 saturated heterocycles. The van der Waals surface area contributed by atoms with E-state index in [0.717, 1.165) is 0 Å². The van der Waals surface area contributed by atoms with Crippen molar-refractivity contribution in [1.29, 1.82) is 0 Å². The predicted molar refractivity (Wildman–Crippen MR) is 75.5 cm³/mol. The summed E-state index contributed by atoms with van der Waals surface area (Å²) >= 11 is 0. The molecule has 0 bridgehead atoms. The highest BCUT2D eigenvalue weighted by molar-refractivity contribution is 7.92. The van der Waals surface area contributed by atoms with Crippen LogP contribution in [0.2, 0.25) is 0 Å². The Kier molecular flexibility index (Phi) is 4.35. The standard InChI is InChI=1S/C14H12N2O3S/c17-11-5-7-12-6-1-2-8-13(12)20(18,19)16-14-9-3-4-10-15-14/h1-4,6,8-10,17H,11H2,(H,15,16). The fourth-order valence-corrected chi connectivity index (χ4v) is 2.73. The van der Waals surface area contributed by atoms with E-state index in [2.05, 4.69) is 21.5 Å². The van der Waals surface area contributed by atoms with Crippen LogP contribution in [0, 0.1) is 11.8 Å². The lowest BCUT2D eigenvalue weighted by Gasteiger charge is -2.08. The SMILES string of the molecule is O=S(=O)(Nc1ccccn1)c1ccccc1C#CCO. The van der Waals surface area contributed by atoms with Gasteiger partial charge in [-0.15, -0.1) is 0 Å². The molecule has 0 amide bonds. The van der Waals surface area contributed by atoms with E-state index in [1.807, 2.05) is 0 Å². The number of benzene rings is 1. The zero-order valence-electron chi connectivity index (χ0n) is 10.4. The van der Waals surface area contributed by atoms with Gasteiger partial charge in [-0.25, -0.2) is 13.4 Å². The van der Waals surface area contributed by atoms with Crippen molar-refractivity contribution < 1.29 is 13.5 Å². The first-order chi connectivity index (χ1) is 9.63. The number of hydrogen-bond donors (Lipinski definition) is 2. The first-order valence-corrected chi connectivity index (χ1v) is 7.24. The van der Waals surface area contributed by atoms with Crippen LogP contribution in [-0.2, 0) is 10.0 Å². The molecule has 6 heteroatoms. The molecule has 102 valence electrons. The summed E-state index contributed by atoms with van der Waals surface area (Å²) < 4.78 is 27.0. The van der Waals surface area contributed by atoms with E-state index in [1.54, 1.807) is 36.4 Å². The number of nitrogens with one attached hydrogen (secondary N) is 1. The lowest BCUT2D eigenvalue weighted by Crippen LogP contribution is -2.15. The van der Waals surface area contributed by atoms with Crippen LogP contribution in [-0.4, -0.2) is 25.1 Å². The number of aromatic nitrogens is 1. The lowest BCUT2D eigenvalue weighted by molar-refractivity contribution is 0.350. The Morgan fingerprint density at radius 3 is 2.60 bits per heavy atom. The van der Waals surface area contributed by atoms with Crippen molar-refractivity contribution in [3.8, 4) is 11.8 Å². The van der Waals surface area contributed by atoms with Crippen LogP contribution in [0.15, 0.2) is 53.6 Å². The van der Waals surface area contributed by atoms with Gasteiger partial charge in [-0.2, -0.15) is 0 Å². The minimum absolute atomic E-state index is 0.0478. The summed E-state index contributed by atoms with van der Waals surface area (Å²) in [5.74, 6) is 5.29. The Morgan fingerprint density at radius 2 is 1.90 bits per heavy atom. The molecule has 0 aliphatic carbocycles. The first kappa shape index (κ1) is 14.1.